The molecule has 0 aliphatic heterocycles. The molecule has 0 N–H and O–H groups in total. The molecule has 2 aromatic rings. The number of carbonyl (C=O) groups is 1. The fourth-order valence-electron chi connectivity index (χ4n) is 1.28. The predicted octanol–water partition coefficient (Wildman–Crippen LogP) is 3.56. The van der Waals surface area contributed by atoms with Crippen LogP contribution in [-0.4, -0.2) is 11.3 Å². The molecule has 0 fully saturated rings. The summed E-state index contributed by atoms with van der Waals surface area (Å²) in [7, 11) is 0. The third-order valence-corrected chi connectivity index (χ3v) is 2.94. The molecular weight excluding hydrogens is 232 g/mol. The first-order valence-corrected chi connectivity index (χ1v) is 5.38. The highest BCUT2D eigenvalue weighted by molar-refractivity contribution is 7.13. The van der Waals surface area contributed by atoms with Crippen LogP contribution in [0, 0.1) is 0 Å². The molecule has 1 aromatic carbocycles. The smallest absolute Gasteiger partial charge is 0.263 e. The number of aromatic nitrogens is 1. The first kappa shape index (κ1) is 10.9. The molecule has 5 heteroatoms. The zero-order chi connectivity index (χ0) is 11.5. The largest absolute Gasteiger partial charge is 0.296 e. The number of aldehydes is 1. The van der Waals surface area contributed by atoms with E-state index in [4.69, 9.17) is 0 Å². The van der Waals surface area contributed by atoms with Gasteiger partial charge in [-0.2, -0.15) is 0 Å². The Balaban J connectivity index is 2.39. The van der Waals surface area contributed by atoms with Crippen molar-refractivity contribution >= 4 is 17.6 Å². The number of hydrogen-bond donors (Lipinski definition) is 0. The van der Waals surface area contributed by atoms with Crippen LogP contribution < -0.4 is 0 Å². The summed E-state index contributed by atoms with van der Waals surface area (Å²) in [5.41, 5.74) is 0.888. The molecule has 0 saturated carbocycles. The molecule has 0 atom stereocenters. The van der Waals surface area contributed by atoms with Gasteiger partial charge in [-0.05, 0) is 6.07 Å². The van der Waals surface area contributed by atoms with E-state index >= 15 is 0 Å². The molecule has 2 nitrogen and oxygen atoms in total. The molecule has 2 rings (SSSR count). The molecule has 0 amide bonds. The van der Waals surface area contributed by atoms with Gasteiger partial charge in [0.05, 0.1) is 0 Å². The molecule has 0 spiro atoms. The first-order valence-electron chi connectivity index (χ1n) is 4.50. The maximum Gasteiger partial charge on any atom is 0.263 e. The van der Waals surface area contributed by atoms with Gasteiger partial charge in [0.2, 0.25) is 0 Å². The molecule has 1 aromatic heterocycles. The Morgan fingerprint density at radius 1 is 1.38 bits per heavy atom. The maximum absolute atomic E-state index is 12.5. The van der Waals surface area contributed by atoms with Crippen molar-refractivity contribution in [2.45, 2.75) is 6.43 Å². The van der Waals surface area contributed by atoms with Gasteiger partial charge < -0.3 is 0 Å². The van der Waals surface area contributed by atoms with Crippen LogP contribution in [0.1, 0.15) is 22.5 Å². The zero-order valence-electron chi connectivity index (χ0n) is 8.06. The lowest BCUT2D eigenvalue weighted by Gasteiger charge is -2.01. The van der Waals surface area contributed by atoms with E-state index in [0.717, 1.165) is 0 Å². The second-order valence-electron chi connectivity index (χ2n) is 3.12. The number of nitrogens with zero attached hydrogens (tertiary/aromatic N) is 1. The van der Waals surface area contributed by atoms with Gasteiger partial charge in [0.25, 0.3) is 6.43 Å². The molecule has 82 valence electrons. The number of hydrogen-bond acceptors (Lipinski definition) is 3. The standard InChI is InChI=1S/C11H7F2NOS/c12-10(13)7-2-1-3-8(4-7)11-14-9(5-15)6-16-11/h1-6,10H. The number of alkyl halides is 2. The van der Waals surface area contributed by atoms with E-state index < -0.39 is 6.43 Å². The second-order valence-corrected chi connectivity index (χ2v) is 3.98. The lowest BCUT2D eigenvalue weighted by atomic mass is 10.1. The average molecular weight is 239 g/mol. The van der Waals surface area contributed by atoms with Gasteiger partial charge in [0, 0.05) is 16.5 Å². The quantitative estimate of drug-likeness (QED) is 0.766. The van der Waals surface area contributed by atoms with Crippen LogP contribution in [-0.2, 0) is 0 Å². The number of thiazole rings is 1. The SMILES string of the molecule is O=Cc1csc(-c2cccc(C(F)F)c2)n1. The Morgan fingerprint density at radius 3 is 2.81 bits per heavy atom. The van der Waals surface area contributed by atoms with Crippen molar-refractivity contribution in [1.82, 2.24) is 4.98 Å². The Kier molecular flexibility index (Phi) is 3.05. The molecule has 0 bridgehead atoms. The summed E-state index contributed by atoms with van der Waals surface area (Å²) in [5, 5.41) is 2.17. The van der Waals surface area contributed by atoms with Crippen LogP contribution in [0.5, 0.6) is 0 Å². The fourth-order valence-corrected chi connectivity index (χ4v) is 2.04. The van der Waals surface area contributed by atoms with E-state index in [2.05, 4.69) is 4.98 Å². The summed E-state index contributed by atoms with van der Waals surface area (Å²) in [6.07, 6.45) is -1.86. The summed E-state index contributed by atoms with van der Waals surface area (Å²) in [6.45, 7) is 0. The highest BCUT2D eigenvalue weighted by Crippen LogP contribution is 2.27. The predicted molar refractivity (Wildman–Crippen MR) is 57.9 cm³/mol. The third-order valence-electron chi connectivity index (χ3n) is 2.03. The van der Waals surface area contributed by atoms with Gasteiger partial charge in [0.15, 0.2) is 6.29 Å². The number of rotatable bonds is 3. The molecule has 16 heavy (non-hydrogen) atoms. The van der Waals surface area contributed by atoms with E-state index in [1.807, 2.05) is 0 Å². The zero-order valence-corrected chi connectivity index (χ0v) is 8.88. The van der Waals surface area contributed by atoms with Crippen molar-refractivity contribution in [3.05, 3.63) is 40.9 Å². The molecule has 0 saturated heterocycles. The average Bonchev–Trinajstić information content (AvgIpc) is 2.77. The molecular formula is C11H7F2NOS. The van der Waals surface area contributed by atoms with Crippen molar-refractivity contribution < 1.29 is 13.6 Å². The minimum absolute atomic E-state index is 0.0413. The van der Waals surface area contributed by atoms with E-state index in [1.54, 1.807) is 17.5 Å². The minimum Gasteiger partial charge on any atom is -0.296 e. The van der Waals surface area contributed by atoms with Crippen LogP contribution in [0.25, 0.3) is 10.6 Å². The van der Waals surface area contributed by atoms with Crippen LogP contribution in [0.2, 0.25) is 0 Å². The second kappa shape index (κ2) is 4.49. The van der Waals surface area contributed by atoms with Crippen LogP contribution in [0.4, 0.5) is 8.78 Å². The molecule has 1 heterocycles. The van der Waals surface area contributed by atoms with Gasteiger partial charge in [-0.25, -0.2) is 13.8 Å². The van der Waals surface area contributed by atoms with Crippen LogP contribution in [0.15, 0.2) is 29.6 Å². The van der Waals surface area contributed by atoms with Crippen LogP contribution in [0.3, 0.4) is 0 Å². The molecule has 0 radical (unpaired) electrons. The Bertz CT molecular complexity index is 510. The molecule has 0 aliphatic carbocycles. The van der Waals surface area contributed by atoms with Crippen molar-refractivity contribution in [3.63, 3.8) is 0 Å². The van der Waals surface area contributed by atoms with Crippen LogP contribution >= 0.6 is 11.3 Å². The summed E-state index contributed by atoms with van der Waals surface area (Å²) >= 11 is 1.26. The Morgan fingerprint density at radius 2 is 2.19 bits per heavy atom. The van der Waals surface area contributed by atoms with E-state index in [0.29, 0.717) is 22.6 Å². The number of halogens is 2. The van der Waals surface area contributed by atoms with E-state index in [9.17, 15) is 13.6 Å². The minimum atomic E-state index is -2.49. The van der Waals surface area contributed by atoms with Gasteiger partial charge >= 0.3 is 0 Å². The van der Waals surface area contributed by atoms with Crippen molar-refractivity contribution in [2.75, 3.05) is 0 Å². The number of benzene rings is 1. The van der Waals surface area contributed by atoms with Gasteiger partial charge in [-0.1, -0.05) is 18.2 Å². The normalized spacial score (nSPS) is 10.7. The fraction of sp³-hybridized carbons (Fsp3) is 0.0909. The summed E-state index contributed by atoms with van der Waals surface area (Å²) in [4.78, 5) is 14.5. The lowest BCUT2D eigenvalue weighted by molar-refractivity contribution is 0.111. The lowest BCUT2D eigenvalue weighted by Crippen LogP contribution is -1.85. The highest BCUT2D eigenvalue weighted by Gasteiger charge is 2.09. The van der Waals surface area contributed by atoms with Crippen molar-refractivity contribution in [3.8, 4) is 10.6 Å². The van der Waals surface area contributed by atoms with Gasteiger partial charge in [-0.3, -0.25) is 4.79 Å². The summed E-state index contributed by atoms with van der Waals surface area (Å²) in [6, 6.07) is 6.00. The van der Waals surface area contributed by atoms with Gasteiger partial charge in [0.1, 0.15) is 10.7 Å². The monoisotopic (exact) mass is 239 g/mol. The highest BCUT2D eigenvalue weighted by atomic mass is 32.1. The van der Waals surface area contributed by atoms with Gasteiger partial charge in [-0.15, -0.1) is 11.3 Å². The summed E-state index contributed by atoms with van der Waals surface area (Å²) in [5.74, 6) is 0. The molecule has 0 aliphatic rings. The summed E-state index contributed by atoms with van der Waals surface area (Å²) < 4.78 is 24.9. The van der Waals surface area contributed by atoms with Crippen molar-refractivity contribution in [1.29, 1.82) is 0 Å². The number of carbonyl (C=O) groups excluding carboxylic acids is 1. The third kappa shape index (κ3) is 2.14. The molecule has 0 unspecified atom stereocenters. The Labute approximate surface area is 94.6 Å². The topological polar surface area (TPSA) is 30.0 Å². The Hall–Kier alpha value is -1.62. The maximum atomic E-state index is 12.5. The first-order chi connectivity index (χ1) is 7.70. The van der Waals surface area contributed by atoms with E-state index in [1.165, 1.54) is 23.5 Å². The van der Waals surface area contributed by atoms with Crippen molar-refractivity contribution in [2.24, 2.45) is 0 Å². The van der Waals surface area contributed by atoms with E-state index in [-0.39, 0.29) is 5.56 Å².